The van der Waals surface area contributed by atoms with Crippen LogP contribution in [0.25, 0.3) is 10.9 Å². The molecule has 19 heavy (non-hydrogen) atoms. The van der Waals surface area contributed by atoms with Gasteiger partial charge in [0.05, 0.1) is 18.2 Å². The van der Waals surface area contributed by atoms with Crippen LogP contribution in [-0.4, -0.2) is 18.6 Å². The Kier molecular flexibility index (Phi) is 3.47. The summed E-state index contributed by atoms with van der Waals surface area (Å²) < 4.78 is 5.81. The molecule has 1 unspecified atom stereocenters. The molecule has 0 spiro atoms. The largest absolute Gasteiger partial charge is 0.496 e. The van der Waals surface area contributed by atoms with Crippen LogP contribution >= 0.6 is 0 Å². The van der Waals surface area contributed by atoms with E-state index in [4.69, 9.17) is 4.74 Å². The van der Waals surface area contributed by atoms with E-state index in [1.807, 2.05) is 25.4 Å². The van der Waals surface area contributed by atoms with Gasteiger partial charge in [-0.05, 0) is 43.7 Å². The minimum Gasteiger partial charge on any atom is -0.496 e. The summed E-state index contributed by atoms with van der Waals surface area (Å²) in [4.78, 5) is 4.42. The second kappa shape index (κ2) is 5.41. The van der Waals surface area contributed by atoms with Crippen molar-refractivity contribution in [2.24, 2.45) is 0 Å². The number of aromatic nitrogens is 1. The molecule has 1 aliphatic rings. The molecule has 1 N–H and O–H groups in total. The van der Waals surface area contributed by atoms with Gasteiger partial charge in [0.2, 0.25) is 0 Å². The molecule has 3 nitrogen and oxygen atoms in total. The summed E-state index contributed by atoms with van der Waals surface area (Å²) in [6.07, 6.45) is 6.23. The zero-order valence-electron chi connectivity index (χ0n) is 11.1. The van der Waals surface area contributed by atoms with Crippen molar-refractivity contribution in [1.82, 2.24) is 10.3 Å². The second-order valence-corrected chi connectivity index (χ2v) is 4.74. The fraction of sp³-hybridized carbons (Fsp3) is 0.312. The van der Waals surface area contributed by atoms with Crippen molar-refractivity contribution in [1.29, 1.82) is 0 Å². The van der Waals surface area contributed by atoms with Crippen LogP contribution in [0, 0.1) is 0 Å². The van der Waals surface area contributed by atoms with Crippen LogP contribution in [-0.2, 0) is 4.74 Å². The number of allylic oxidation sites excluding steroid dienone is 1. The lowest BCUT2D eigenvalue weighted by molar-refractivity contribution is 0.170. The normalized spacial score (nSPS) is 16.8. The first-order valence-corrected chi connectivity index (χ1v) is 6.74. The van der Waals surface area contributed by atoms with Crippen LogP contribution in [0.1, 0.15) is 24.4 Å². The molecule has 1 aromatic heterocycles. The minimum absolute atomic E-state index is 0.105. The molecule has 1 aromatic carbocycles. The Labute approximate surface area is 113 Å². The standard InChI is InChI=1S/C16H18N2O/c1-17-16(15-9-2-3-11-19-15)13-6-4-8-14-12(13)7-5-10-18-14/h4-10,16-17H,2-3,11H2,1H3. The Morgan fingerprint density at radius 1 is 1.26 bits per heavy atom. The molecule has 98 valence electrons. The highest BCUT2D eigenvalue weighted by Gasteiger charge is 2.20. The van der Waals surface area contributed by atoms with Crippen molar-refractivity contribution < 1.29 is 4.74 Å². The van der Waals surface area contributed by atoms with E-state index >= 15 is 0 Å². The third-order valence-electron chi connectivity index (χ3n) is 3.53. The van der Waals surface area contributed by atoms with E-state index in [1.165, 1.54) is 10.9 Å². The van der Waals surface area contributed by atoms with Crippen molar-refractivity contribution in [2.45, 2.75) is 18.9 Å². The highest BCUT2D eigenvalue weighted by Crippen LogP contribution is 2.30. The van der Waals surface area contributed by atoms with Gasteiger partial charge in [0.15, 0.2) is 0 Å². The first-order valence-electron chi connectivity index (χ1n) is 6.74. The first-order chi connectivity index (χ1) is 9.40. The van der Waals surface area contributed by atoms with Crippen LogP contribution in [0.15, 0.2) is 48.4 Å². The lowest BCUT2D eigenvalue weighted by Gasteiger charge is -2.24. The molecule has 3 heteroatoms. The van der Waals surface area contributed by atoms with E-state index < -0.39 is 0 Å². The highest BCUT2D eigenvalue weighted by atomic mass is 16.5. The smallest absolute Gasteiger partial charge is 0.113 e. The molecule has 0 amide bonds. The maximum atomic E-state index is 5.81. The molecule has 0 radical (unpaired) electrons. The van der Waals surface area contributed by atoms with Crippen molar-refractivity contribution in [3.63, 3.8) is 0 Å². The van der Waals surface area contributed by atoms with Gasteiger partial charge in [-0.3, -0.25) is 4.98 Å². The third kappa shape index (κ3) is 2.34. The average molecular weight is 254 g/mol. The Bertz CT molecular complexity index is 601. The lowest BCUT2D eigenvalue weighted by atomic mass is 9.98. The maximum absolute atomic E-state index is 5.81. The summed E-state index contributed by atoms with van der Waals surface area (Å²) >= 11 is 0. The zero-order valence-corrected chi connectivity index (χ0v) is 11.1. The molecule has 3 rings (SSSR count). The van der Waals surface area contributed by atoms with Gasteiger partial charge in [-0.2, -0.15) is 0 Å². The van der Waals surface area contributed by atoms with Gasteiger partial charge in [0.25, 0.3) is 0 Å². The number of likely N-dealkylation sites (N-methyl/N-ethyl adjacent to an activating group) is 1. The van der Waals surface area contributed by atoms with Gasteiger partial charge < -0.3 is 10.1 Å². The number of fused-ring (bicyclic) bond motifs is 1. The Balaban J connectivity index is 2.08. The summed E-state index contributed by atoms with van der Waals surface area (Å²) in [6.45, 7) is 0.813. The van der Waals surface area contributed by atoms with Crippen molar-refractivity contribution in [3.8, 4) is 0 Å². The summed E-state index contributed by atoms with van der Waals surface area (Å²) in [7, 11) is 1.97. The molecule has 1 atom stereocenters. The van der Waals surface area contributed by atoms with Gasteiger partial charge in [-0.1, -0.05) is 18.2 Å². The van der Waals surface area contributed by atoms with Crippen molar-refractivity contribution in [3.05, 3.63) is 53.9 Å². The fourth-order valence-corrected chi connectivity index (χ4v) is 2.61. The van der Waals surface area contributed by atoms with E-state index in [0.29, 0.717) is 0 Å². The van der Waals surface area contributed by atoms with Crippen molar-refractivity contribution >= 4 is 10.9 Å². The van der Waals surface area contributed by atoms with Gasteiger partial charge in [-0.25, -0.2) is 0 Å². The van der Waals surface area contributed by atoms with E-state index in [1.54, 1.807) is 0 Å². The van der Waals surface area contributed by atoms with Gasteiger partial charge in [-0.15, -0.1) is 0 Å². The molecule has 2 aromatic rings. The summed E-state index contributed by atoms with van der Waals surface area (Å²) in [5.41, 5.74) is 2.25. The first kappa shape index (κ1) is 12.2. The number of hydrogen-bond acceptors (Lipinski definition) is 3. The maximum Gasteiger partial charge on any atom is 0.113 e. The summed E-state index contributed by atoms with van der Waals surface area (Å²) in [5.74, 6) is 1.03. The van der Waals surface area contributed by atoms with Crippen LogP contribution < -0.4 is 5.32 Å². The molecule has 0 saturated carbocycles. The number of hydrogen-bond donors (Lipinski definition) is 1. The average Bonchev–Trinajstić information content (AvgIpc) is 2.49. The van der Waals surface area contributed by atoms with Crippen molar-refractivity contribution in [2.75, 3.05) is 13.7 Å². The van der Waals surface area contributed by atoms with Gasteiger partial charge in [0.1, 0.15) is 5.76 Å². The Hall–Kier alpha value is -1.87. The molecule has 2 heterocycles. The van der Waals surface area contributed by atoms with E-state index in [0.717, 1.165) is 30.7 Å². The number of benzene rings is 1. The van der Waals surface area contributed by atoms with E-state index in [2.05, 4.69) is 34.6 Å². The zero-order chi connectivity index (χ0) is 13.1. The van der Waals surface area contributed by atoms with E-state index in [-0.39, 0.29) is 6.04 Å². The predicted molar refractivity (Wildman–Crippen MR) is 76.8 cm³/mol. The van der Waals surface area contributed by atoms with Gasteiger partial charge >= 0.3 is 0 Å². The summed E-state index contributed by atoms with van der Waals surface area (Å²) in [6, 6.07) is 10.4. The second-order valence-electron chi connectivity index (χ2n) is 4.74. The number of ether oxygens (including phenoxy) is 1. The topological polar surface area (TPSA) is 34.1 Å². The lowest BCUT2D eigenvalue weighted by Crippen LogP contribution is -2.22. The number of rotatable bonds is 3. The Morgan fingerprint density at radius 3 is 3.00 bits per heavy atom. The highest BCUT2D eigenvalue weighted by molar-refractivity contribution is 5.82. The number of nitrogens with zero attached hydrogens (tertiary/aromatic N) is 1. The fourth-order valence-electron chi connectivity index (χ4n) is 2.61. The van der Waals surface area contributed by atoms with Crippen LogP contribution in [0.2, 0.25) is 0 Å². The molecule has 0 bridgehead atoms. The molecule has 1 aliphatic heterocycles. The van der Waals surface area contributed by atoms with Crippen LogP contribution in [0.5, 0.6) is 0 Å². The molecule has 0 fully saturated rings. The molecule has 0 aliphatic carbocycles. The SMILES string of the molecule is CNC(C1=CCCCO1)c1cccc2ncccc12. The summed E-state index contributed by atoms with van der Waals surface area (Å²) in [5, 5.41) is 4.54. The monoisotopic (exact) mass is 254 g/mol. The quantitative estimate of drug-likeness (QED) is 0.913. The number of nitrogens with one attached hydrogen (secondary N) is 1. The predicted octanol–water partition coefficient (Wildman–Crippen LogP) is 3.19. The van der Waals surface area contributed by atoms with E-state index in [9.17, 15) is 0 Å². The molecular formula is C16H18N2O. The number of pyridine rings is 1. The van der Waals surface area contributed by atoms with Gasteiger partial charge in [0, 0.05) is 11.6 Å². The molecular weight excluding hydrogens is 236 g/mol. The Morgan fingerprint density at radius 2 is 2.21 bits per heavy atom. The molecule has 0 saturated heterocycles. The minimum atomic E-state index is 0.105. The third-order valence-corrected chi connectivity index (χ3v) is 3.53. The van der Waals surface area contributed by atoms with Crippen LogP contribution in [0.4, 0.5) is 0 Å². The van der Waals surface area contributed by atoms with Crippen LogP contribution in [0.3, 0.4) is 0 Å².